The molecule has 0 bridgehead atoms. The summed E-state index contributed by atoms with van der Waals surface area (Å²) in [6.07, 6.45) is 2.13. The smallest absolute Gasteiger partial charge is 0.225 e. The van der Waals surface area contributed by atoms with E-state index in [0.29, 0.717) is 5.95 Å². The predicted octanol–water partition coefficient (Wildman–Crippen LogP) is 3.59. The number of aromatic nitrogens is 2. The van der Waals surface area contributed by atoms with Gasteiger partial charge in [-0.15, -0.1) is 11.3 Å². The first kappa shape index (κ1) is 14.4. The van der Waals surface area contributed by atoms with Crippen molar-refractivity contribution in [3.05, 3.63) is 10.9 Å². The Kier molecular flexibility index (Phi) is 4.20. The molecule has 2 heterocycles. The summed E-state index contributed by atoms with van der Waals surface area (Å²) in [4.78, 5) is 11.3. The molecule has 0 saturated carbocycles. The highest BCUT2D eigenvalue weighted by atomic mass is 32.2. The maximum atomic E-state index is 4.53. The minimum atomic E-state index is 0.183. The lowest BCUT2D eigenvalue weighted by molar-refractivity contribution is 0.751. The van der Waals surface area contributed by atoms with E-state index in [1.807, 2.05) is 18.8 Å². The van der Waals surface area contributed by atoms with E-state index in [0.717, 1.165) is 22.6 Å². The summed E-state index contributed by atoms with van der Waals surface area (Å²) < 4.78 is 0.183. The molecule has 2 aromatic rings. The van der Waals surface area contributed by atoms with Crippen LogP contribution in [0.1, 0.15) is 18.7 Å². The average molecular weight is 296 g/mol. The van der Waals surface area contributed by atoms with Crippen LogP contribution in [0.2, 0.25) is 0 Å². The van der Waals surface area contributed by atoms with Crippen molar-refractivity contribution in [3.63, 3.8) is 0 Å². The van der Waals surface area contributed by atoms with Crippen LogP contribution in [0.3, 0.4) is 0 Å². The average Bonchev–Trinajstić information content (AvgIpc) is 2.76. The van der Waals surface area contributed by atoms with Gasteiger partial charge in [0, 0.05) is 23.2 Å². The van der Waals surface area contributed by atoms with E-state index in [1.54, 1.807) is 11.3 Å². The van der Waals surface area contributed by atoms with Gasteiger partial charge in [-0.05, 0) is 33.1 Å². The molecule has 4 nitrogen and oxygen atoms in total. The molecule has 19 heavy (non-hydrogen) atoms. The number of nitrogens with one attached hydrogen (secondary N) is 2. The van der Waals surface area contributed by atoms with E-state index in [-0.39, 0.29) is 4.75 Å². The number of fused-ring (bicyclic) bond motifs is 1. The Bertz CT molecular complexity index is 577. The van der Waals surface area contributed by atoms with Crippen molar-refractivity contribution in [2.45, 2.75) is 25.5 Å². The van der Waals surface area contributed by atoms with Crippen LogP contribution in [0.15, 0.2) is 6.07 Å². The van der Waals surface area contributed by atoms with E-state index in [9.17, 15) is 0 Å². The molecule has 104 valence electrons. The van der Waals surface area contributed by atoms with Gasteiger partial charge in [-0.3, -0.25) is 0 Å². The van der Waals surface area contributed by atoms with Gasteiger partial charge in [-0.25, -0.2) is 4.98 Å². The molecule has 2 rings (SSSR count). The largest absolute Gasteiger partial charge is 0.368 e. The molecular formula is C13H20N4S2. The highest BCUT2D eigenvalue weighted by Crippen LogP contribution is 2.30. The Balaban J connectivity index is 2.35. The molecule has 6 heteroatoms. The van der Waals surface area contributed by atoms with Crippen LogP contribution in [0.5, 0.6) is 0 Å². The Morgan fingerprint density at radius 2 is 2.11 bits per heavy atom. The number of hydrogen-bond acceptors (Lipinski definition) is 6. The number of anilines is 2. The minimum Gasteiger partial charge on any atom is -0.368 e. The first-order valence-electron chi connectivity index (χ1n) is 6.20. The van der Waals surface area contributed by atoms with Crippen LogP contribution in [-0.2, 0) is 0 Å². The molecule has 0 aliphatic heterocycles. The minimum absolute atomic E-state index is 0.183. The van der Waals surface area contributed by atoms with Crippen LogP contribution in [0.25, 0.3) is 10.2 Å². The first-order chi connectivity index (χ1) is 8.95. The summed E-state index contributed by atoms with van der Waals surface area (Å²) in [5.74, 6) is 1.58. The summed E-state index contributed by atoms with van der Waals surface area (Å²) in [6.45, 7) is 7.42. The zero-order valence-electron chi connectivity index (χ0n) is 12.0. The van der Waals surface area contributed by atoms with Crippen LogP contribution in [0, 0.1) is 6.92 Å². The summed E-state index contributed by atoms with van der Waals surface area (Å²) in [5.41, 5.74) is 0. The van der Waals surface area contributed by atoms with E-state index in [2.05, 4.69) is 53.7 Å². The van der Waals surface area contributed by atoms with Crippen molar-refractivity contribution in [2.75, 3.05) is 30.5 Å². The van der Waals surface area contributed by atoms with Crippen molar-refractivity contribution in [2.24, 2.45) is 0 Å². The summed E-state index contributed by atoms with van der Waals surface area (Å²) in [7, 11) is 1.84. The molecule has 0 atom stereocenters. The van der Waals surface area contributed by atoms with Gasteiger partial charge in [-0.1, -0.05) is 0 Å². The fourth-order valence-electron chi connectivity index (χ4n) is 1.66. The number of thiophene rings is 1. The van der Waals surface area contributed by atoms with Gasteiger partial charge in [0.15, 0.2) is 0 Å². The third kappa shape index (κ3) is 3.30. The zero-order valence-corrected chi connectivity index (χ0v) is 13.6. The molecule has 0 fully saturated rings. The Morgan fingerprint density at radius 1 is 1.37 bits per heavy atom. The van der Waals surface area contributed by atoms with Crippen LogP contribution >= 0.6 is 23.1 Å². The van der Waals surface area contributed by atoms with Crippen LogP contribution < -0.4 is 10.6 Å². The van der Waals surface area contributed by atoms with Gasteiger partial charge in [0.25, 0.3) is 0 Å². The van der Waals surface area contributed by atoms with Gasteiger partial charge in [-0.2, -0.15) is 16.7 Å². The molecule has 0 amide bonds. The third-order valence-corrected chi connectivity index (χ3v) is 5.17. The molecular weight excluding hydrogens is 276 g/mol. The molecule has 2 N–H and O–H groups in total. The second-order valence-electron chi connectivity index (χ2n) is 5.04. The zero-order chi connectivity index (χ0) is 14.0. The Hall–Kier alpha value is -1.01. The molecule has 2 aromatic heterocycles. The Morgan fingerprint density at radius 3 is 2.74 bits per heavy atom. The Labute approximate surface area is 122 Å². The molecule has 0 aromatic carbocycles. The lowest BCUT2D eigenvalue weighted by Gasteiger charge is -2.22. The quantitative estimate of drug-likeness (QED) is 0.883. The maximum absolute atomic E-state index is 4.53. The maximum Gasteiger partial charge on any atom is 0.225 e. The summed E-state index contributed by atoms with van der Waals surface area (Å²) in [6, 6.07) is 2.15. The number of hydrogen-bond donors (Lipinski definition) is 2. The fourth-order valence-corrected chi connectivity index (χ4v) is 2.75. The standard InChI is InChI=1S/C13H20N4S2/c1-8-6-9-10(15-7-13(2,3)18-5)16-12(14-4)17-11(9)19-8/h6H,7H2,1-5H3,(H2,14,15,16,17). The van der Waals surface area contributed by atoms with Gasteiger partial charge in [0.05, 0.1) is 5.39 Å². The van der Waals surface area contributed by atoms with Gasteiger partial charge in [0.1, 0.15) is 10.6 Å². The number of aryl methyl sites for hydroxylation is 1. The summed E-state index contributed by atoms with van der Waals surface area (Å²) in [5, 5.41) is 7.59. The normalized spacial score (nSPS) is 11.8. The van der Waals surface area contributed by atoms with Crippen LogP contribution in [-0.4, -0.2) is 34.6 Å². The van der Waals surface area contributed by atoms with Gasteiger partial charge < -0.3 is 10.6 Å². The topological polar surface area (TPSA) is 49.8 Å². The first-order valence-corrected chi connectivity index (χ1v) is 8.24. The predicted molar refractivity (Wildman–Crippen MR) is 87.8 cm³/mol. The van der Waals surface area contributed by atoms with Crippen molar-refractivity contribution >= 4 is 45.1 Å². The van der Waals surface area contributed by atoms with Crippen molar-refractivity contribution in [3.8, 4) is 0 Å². The molecule has 0 radical (unpaired) electrons. The van der Waals surface area contributed by atoms with Crippen LogP contribution in [0.4, 0.5) is 11.8 Å². The molecule has 0 aliphatic carbocycles. The van der Waals surface area contributed by atoms with Gasteiger partial charge in [0.2, 0.25) is 5.95 Å². The lowest BCUT2D eigenvalue weighted by Crippen LogP contribution is -2.26. The SMILES string of the molecule is CNc1nc(NCC(C)(C)SC)c2cc(C)sc2n1. The van der Waals surface area contributed by atoms with E-state index >= 15 is 0 Å². The van der Waals surface area contributed by atoms with Crippen molar-refractivity contribution in [1.29, 1.82) is 0 Å². The molecule has 0 spiro atoms. The third-order valence-electron chi connectivity index (χ3n) is 2.97. The van der Waals surface area contributed by atoms with Crippen molar-refractivity contribution < 1.29 is 0 Å². The second kappa shape index (κ2) is 5.54. The van der Waals surface area contributed by atoms with E-state index in [4.69, 9.17) is 0 Å². The van der Waals surface area contributed by atoms with Gasteiger partial charge >= 0.3 is 0 Å². The van der Waals surface area contributed by atoms with E-state index < -0.39 is 0 Å². The number of rotatable bonds is 5. The van der Waals surface area contributed by atoms with Crippen molar-refractivity contribution in [1.82, 2.24) is 9.97 Å². The number of nitrogens with zero attached hydrogens (tertiary/aromatic N) is 2. The fraction of sp³-hybridized carbons (Fsp3) is 0.538. The molecule has 0 aliphatic rings. The molecule has 0 unspecified atom stereocenters. The lowest BCUT2D eigenvalue weighted by atomic mass is 10.2. The monoisotopic (exact) mass is 296 g/mol. The number of thioether (sulfide) groups is 1. The highest BCUT2D eigenvalue weighted by Gasteiger charge is 2.17. The highest BCUT2D eigenvalue weighted by molar-refractivity contribution is 7.99. The molecule has 0 saturated heterocycles. The van der Waals surface area contributed by atoms with E-state index in [1.165, 1.54) is 4.88 Å². The second-order valence-corrected chi connectivity index (χ2v) is 7.79. The summed E-state index contributed by atoms with van der Waals surface area (Å²) >= 11 is 3.55.